The van der Waals surface area contributed by atoms with Crippen molar-refractivity contribution >= 4 is 17.7 Å². The second kappa shape index (κ2) is 11.5. The van der Waals surface area contributed by atoms with E-state index in [2.05, 4.69) is 24.1 Å². The minimum Gasteiger partial charge on any atom is -0.388 e. The summed E-state index contributed by atoms with van der Waals surface area (Å²) in [5, 5.41) is 34.4. The van der Waals surface area contributed by atoms with Crippen molar-refractivity contribution in [1.29, 1.82) is 0 Å². The Morgan fingerprint density at radius 2 is 1.85 bits per heavy atom. The third kappa shape index (κ3) is 6.05. The Labute approximate surface area is 202 Å². The van der Waals surface area contributed by atoms with Crippen molar-refractivity contribution in [3.05, 3.63) is 0 Å². The van der Waals surface area contributed by atoms with Gasteiger partial charge in [0, 0.05) is 19.1 Å². The third-order valence-electron chi connectivity index (χ3n) is 7.54. The number of carbonyl (C=O) groups excluding carboxylic acids is 1. The third-order valence-corrected chi connectivity index (χ3v) is 8.39. The molecule has 0 spiro atoms. The smallest absolute Gasteiger partial charge is 0.240 e. The molecule has 0 aromatic carbocycles. The molecule has 0 aromatic rings. The summed E-state index contributed by atoms with van der Waals surface area (Å²) in [5.41, 5.74) is -0.673. The summed E-state index contributed by atoms with van der Waals surface area (Å²) in [7, 11) is 1.97. The normalized spacial score (nSPS) is 41.1. The van der Waals surface area contributed by atoms with Gasteiger partial charge in [-0.15, -0.1) is 11.8 Å². The number of rotatable bonds is 7. The number of thioether (sulfide) groups is 1. The predicted molar refractivity (Wildman–Crippen MR) is 129 cm³/mol. The van der Waals surface area contributed by atoms with Crippen LogP contribution in [0.2, 0.25) is 0 Å². The molecule has 3 aliphatic rings. The lowest BCUT2D eigenvalue weighted by molar-refractivity contribution is -0.208. The van der Waals surface area contributed by atoms with Gasteiger partial charge in [0.05, 0.1) is 12.1 Å². The summed E-state index contributed by atoms with van der Waals surface area (Å²) >= 11 is 1.27. The molecule has 0 bridgehead atoms. The molecule has 0 saturated carbocycles. The van der Waals surface area contributed by atoms with Gasteiger partial charge in [0.15, 0.2) is 0 Å². The maximum absolute atomic E-state index is 13.6. The van der Waals surface area contributed by atoms with Gasteiger partial charge in [0.2, 0.25) is 5.91 Å². The summed E-state index contributed by atoms with van der Waals surface area (Å²) < 4.78 is 12.2. The van der Waals surface area contributed by atoms with Crippen molar-refractivity contribution < 1.29 is 29.6 Å². The molecule has 10 atom stereocenters. The van der Waals surface area contributed by atoms with Crippen LogP contribution in [-0.2, 0) is 14.3 Å². The second-order valence-corrected chi connectivity index (χ2v) is 11.9. The zero-order chi connectivity index (χ0) is 24.4. The Morgan fingerprint density at radius 1 is 1.15 bits per heavy atom. The van der Waals surface area contributed by atoms with Crippen LogP contribution in [0.25, 0.3) is 0 Å². The second-order valence-electron chi connectivity index (χ2n) is 11.0. The highest BCUT2D eigenvalue weighted by atomic mass is 32.2. The van der Waals surface area contributed by atoms with Gasteiger partial charge in [0.1, 0.15) is 35.9 Å². The first-order chi connectivity index (χ1) is 15.5. The number of carbonyl (C=O) groups is 1. The van der Waals surface area contributed by atoms with Crippen LogP contribution < -0.4 is 5.32 Å². The van der Waals surface area contributed by atoms with Gasteiger partial charge in [-0.1, -0.05) is 27.7 Å². The Morgan fingerprint density at radius 3 is 2.45 bits per heavy atom. The lowest BCUT2D eigenvalue weighted by atomic mass is 9.85. The number of nitrogens with zero attached hydrogens (tertiary/aromatic N) is 1. The number of nitrogens with one attached hydrogen (secondary N) is 1. The zero-order valence-electron chi connectivity index (χ0n) is 20.9. The molecule has 0 radical (unpaired) electrons. The Kier molecular flexibility index (Phi) is 9.50. The standard InChI is InChI=1S/C24H44N2O6S/c1-12(2)9-14-7-8-31-21-15(10-14)11-26(5)17(21)23(30)25-16(13(3)4)22-19(28)18(27)20(29)24(32-22)33-6/h12-22,24,27-29H,7-11H2,1-6H3,(H,25,30)/t14-,15-,16+,17-,18?,19?,20+,21+,22+,24?/m0/s1. The number of likely N-dealkylation sites (tertiary alicyclic amines) is 1. The number of amides is 1. The van der Waals surface area contributed by atoms with Crippen LogP contribution in [0.5, 0.6) is 0 Å². The Bertz CT molecular complexity index is 650. The lowest BCUT2D eigenvalue weighted by Crippen LogP contribution is -2.65. The summed E-state index contributed by atoms with van der Waals surface area (Å²) in [6, 6.07) is -0.919. The Balaban J connectivity index is 1.72. The number of aliphatic hydroxyl groups is 3. The van der Waals surface area contributed by atoms with E-state index >= 15 is 0 Å². The van der Waals surface area contributed by atoms with E-state index in [-0.39, 0.29) is 17.9 Å². The highest BCUT2D eigenvalue weighted by molar-refractivity contribution is 7.99. The molecule has 3 fully saturated rings. The SMILES string of the molecule is CSC1O[C@H]([C@H](NC(=O)[C@@H]2[C@@H]3OCC[C@@H](CC(C)C)C[C@H]3CN2C)C(C)C)C(O)C(O)[C@H]1O. The monoisotopic (exact) mass is 488 g/mol. The maximum Gasteiger partial charge on any atom is 0.240 e. The quantitative estimate of drug-likeness (QED) is 0.421. The minimum absolute atomic E-state index is 0.0495. The lowest BCUT2D eigenvalue weighted by Gasteiger charge is -2.44. The van der Waals surface area contributed by atoms with Crippen molar-refractivity contribution in [2.45, 2.75) is 95.0 Å². The van der Waals surface area contributed by atoms with Gasteiger partial charge in [-0.25, -0.2) is 0 Å². The molecule has 3 aliphatic heterocycles. The average molecular weight is 489 g/mol. The zero-order valence-corrected chi connectivity index (χ0v) is 21.7. The van der Waals surface area contributed by atoms with Crippen LogP contribution in [0.15, 0.2) is 0 Å². The van der Waals surface area contributed by atoms with Gasteiger partial charge in [-0.05, 0) is 50.3 Å². The van der Waals surface area contributed by atoms with Crippen LogP contribution in [0.3, 0.4) is 0 Å². The van der Waals surface area contributed by atoms with Crippen molar-refractivity contribution in [1.82, 2.24) is 10.2 Å². The number of likely N-dealkylation sites (N-methyl/N-ethyl adjacent to an activating group) is 1. The van der Waals surface area contributed by atoms with Crippen LogP contribution >= 0.6 is 11.8 Å². The van der Waals surface area contributed by atoms with E-state index in [9.17, 15) is 20.1 Å². The fourth-order valence-corrected chi connectivity index (χ4v) is 6.60. The van der Waals surface area contributed by atoms with Gasteiger partial charge in [-0.2, -0.15) is 0 Å². The van der Waals surface area contributed by atoms with Crippen molar-refractivity contribution in [2.75, 3.05) is 26.5 Å². The van der Waals surface area contributed by atoms with Crippen LogP contribution in [0, 0.1) is 23.7 Å². The average Bonchev–Trinajstić information content (AvgIpc) is 2.92. The van der Waals surface area contributed by atoms with Crippen molar-refractivity contribution in [3.8, 4) is 0 Å². The molecular formula is C24H44N2O6S. The largest absolute Gasteiger partial charge is 0.388 e. The molecule has 3 rings (SSSR count). The first-order valence-electron chi connectivity index (χ1n) is 12.4. The molecule has 3 unspecified atom stereocenters. The molecular weight excluding hydrogens is 444 g/mol. The van der Waals surface area contributed by atoms with E-state index < -0.39 is 41.9 Å². The highest BCUT2D eigenvalue weighted by Crippen LogP contribution is 2.37. The maximum atomic E-state index is 13.6. The number of hydrogen-bond acceptors (Lipinski definition) is 8. The van der Waals surface area contributed by atoms with Gasteiger partial charge < -0.3 is 30.1 Å². The van der Waals surface area contributed by atoms with Gasteiger partial charge >= 0.3 is 0 Å². The number of aliphatic hydroxyl groups excluding tert-OH is 3. The topological polar surface area (TPSA) is 111 Å². The molecule has 3 saturated heterocycles. The summed E-state index contributed by atoms with van der Waals surface area (Å²) in [5.74, 6) is 1.41. The van der Waals surface area contributed by atoms with E-state index in [1.165, 1.54) is 18.2 Å². The van der Waals surface area contributed by atoms with E-state index in [0.717, 1.165) is 19.4 Å². The first-order valence-corrected chi connectivity index (χ1v) is 13.7. The predicted octanol–water partition coefficient (Wildman–Crippen LogP) is 1.07. The molecule has 1 amide bonds. The van der Waals surface area contributed by atoms with Crippen LogP contribution in [0.4, 0.5) is 0 Å². The molecule has 8 nitrogen and oxygen atoms in total. The molecule has 4 N–H and O–H groups in total. The fourth-order valence-electron chi connectivity index (χ4n) is 5.92. The first kappa shape index (κ1) is 27.2. The van der Waals surface area contributed by atoms with Crippen molar-refractivity contribution in [3.63, 3.8) is 0 Å². The molecule has 0 aliphatic carbocycles. The number of ether oxygens (including phenoxy) is 2. The fraction of sp³-hybridized carbons (Fsp3) is 0.958. The van der Waals surface area contributed by atoms with Crippen LogP contribution in [-0.4, -0.2) is 101 Å². The van der Waals surface area contributed by atoms with Crippen molar-refractivity contribution in [2.24, 2.45) is 23.7 Å². The summed E-state index contributed by atoms with van der Waals surface area (Å²) in [4.78, 5) is 15.6. The van der Waals surface area contributed by atoms with Gasteiger partial charge in [0.25, 0.3) is 0 Å². The van der Waals surface area contributed by atoms with E-state index in [1.807, 2.05) is 20.9 Å². The van der Waals surface area contributed by atoms with E-state index in [4.69, 9.17) is 9.47 Å². The van der Waals surface area contributed by atoms with Gasteiger partial charge in [-0.3, -0.25) is 9.69 Å². The van der Waals surface area contributed by atoms with E-state index in [0.29, 0.717) is 24.4 Å². The molecule has 192 valence electrons. The summed E-state index contributed by atoms with van der Waals surface area (Å²) in [6.45, 7) is 9.91. The van der Waals surface area contributed by atoms with Crippen LogP contribution in [0.1, 0.15) is 47.0 Å². The van der Waals surface area contributed by atoms with E-state index in [1.54, 1.807) is 6.26 Å². The summed E-state index contributed by atoms with van der Waals surface area (Å²) in [6.07, 6.45) is 0.296. The Hall–Kier alpha value is -0.420. The number of hydrogen-bond donors (Lipinski definition) is 4. The number of fused-ring (bicyclic) bond motifs is 1. The molecule has 9 heteroatoms. The minimum atomic E-state index is -1.33. The molecule has 3 heterocycles. The highest BCUT2D eigenvalue weighted by Gasteiger charge is 2.50. The molecule has 33 heavy (non-hydrogen) atoms. The molecule has 0 aromatic heterocycles.